The van der Waals surface area contributed by atoms with Gasteiger partial charge < -0.3 is 10.6 Å². The molecule has 0 aliphatic rings. The predicted octanol–water partition coefficient (Wildman–Crippen LogP) is 2.68. The minimum Gasteiger partial charge on any atom is -0.378 e. The van der Waals surface area contributed by atoms with Crippen LogP contribution in [0.4, 0.5) is 11.4 Å². The monoisotopic (exact) mass is 355 g/mol. The summed E-state index contributed by atoms with van der Waals surface area (Å²) < 4.78 is 0. The summed E-state index contributed by atoms with van der Waals surface area (Å²) in [5.41, 5.74) is 2.08. The summed E-state index contributed by atoms with van der Waals surface area (Å²) in [4.78, 5) is 27.5. The number of anilines is 2. The molecule has 1 aromatic carbocycles. The van der Waals surface area contributed by atoms with Crippen molar-refractivity contribution in [2.45, 2.75) is 6.54 Å². The van der Waals surface area contributed by atoms with E-state index < -0.39 is 5.56 Å². The molecule has 1 amide bonds. The minimum atomic E-state index is -0.454. The Morgan fingerprint density at radius 2 is 2.00 bits per heavy atom. The molecule has 2 heterocycles. The van der Waals surface area contributed by atoms with Crippen molar-refractivity contribution in [3.63, 3.8) is 0 Å². The molecule has 3 N–H and O–H groups in total. The Hall–Kier alpha value is -3.19. The van der Waals surface area contributed by atoms with Crippen LogP contribution in [-0.4, -0.2) is 21.1 Å². The van der Waals surface area contributed by atoms with E-state index in [1.807, 2.05) is 18.2 Å². The van der Waals surface area contributed by atoms with Gasteiger partial charge in [0.1, 0.15) is 5.02 Å². The molecule has 0 spiro atoms. The summed E-state index contributed by atoms with van der Waals surface area (Å²) in [6.45, 7) is 0.420. The Bertz CT molecular complexity index is 943. The van der Waals surface area contributed by atoms with E-state index in [2.05, 4.69) is 25.8 Å². The van der Waals surface area contributed by atoms with Crippen LogP contribution in [-0.2, 0) is 6.54 Å². The molecule has 3 rings (SSSR count). The van der Waals surface area contributed by atoms with E-state index in [0.717, 1.165) is 5.56 Å². The standard InChI is InChI=1S/C17H14ClN5O2/c18-15-14(10-21-23-17(15)25)20-9-11-2-1-3-13(8-11)22-16(24)12-4-6-19-7-5-12/h1-8,10H,9H2,(H,22,24)(H2,20,23,25). The van der Waals surface area contributed by atoms with Crippen molar-refractivity contribution >= 4 is 28.9 Å². The van der Waals surface area contributed by atoms with Gasteiger partial charge in [-0.1, -0.05) is 23.7 Å². The van der Waals surface area contributed by atoms with E-state index in [0.29, 0.717) is 23.5 Å². The highest BCUT2D eigenvalue weighted by molar-refractivity contribution is 6.32. The average molecular weight is 356 g/mol. The van der Waals surface area contributed by atoms with Gasteiger partial charge in [-0.2, -0.15) is 5.10 Å². The van der Waals surface area contributed by atoms with Gasteiger partial charge in [0.15, 0.2) is 0 Å². The molecule has 0 radical (unpaired) electrons. The Morgan fingerprint density at radius 1 is 1.20 bits per heavy atom. The number of aromatic nitrogens is 3. The van der Waals surface area contributed by atoms with Gasteiger partial charge in [0.05, 0.1) is 11.9 Å². The highest BCUT2D eigenvalue weighted by Gasteiger charge is 2.07. The molecule has 7 nitrogen and oxygen atoms in total. The second kappa shape index (κ2) is 7.59. The number of nitrogens with zero attached hydrogens (tertiary/aromatic N) is 2. The third-order valence-electron chi connectivity index (χ3n) is 3.41. The molecule has 0 atom stereocenters. The number of carbonyl (C=O) groups excluding carboxylic acids is 1. The maximum Gasteiger partial charge on any atom is 0.285 e. The summed E-state index contributed by atoms with van der Waals surface area (Å²) in [5.74, 6) is -0.214. The molecule has 25 heavy (non-hydrogen) atoms. The molecule has 0 aliphatic carbocycles. The van der Waals surface area contributed by atoms with E-state index in [9.17, 15) is 9.59 Å². The van der Waals surface area contributed by atoms with Crippen molar-refractivity contribution in [2.75, 3.05) is 10.6 Å². The molecule has 0 saturated heterocycles. The lowest BCUT2D eigenvalue weighted by molar-refractivity contribution is 0.102. The lowest BCUT2D eigenvalue weighted by atomic mass is 10.2. The normalized spacial score (nSPS) is 10.3. The molecule has 0 aliphatic heterocycles. The molecule has 3 aromatic rings. The van der Waals surface area contributed by atoms with Crippen LogP contribution in [0.2, 0.25) is 5.02 Å². The average Bonchev–Trinajstić information content (AvgIpc) is 2.64. The minimum absolute atomic E-state index is 0.0529. The number of nitrogens with one attached hydrogen (secondary N) is 3. The number of aromatic amines is 1. The number of hydrogen-bond acceptors (Lipinski definition) is 5. The second-order valence-corrected chi connectivity index (χ2v) is 5.55. The summed E-state index contributed by atoms with van der Waals surface area (Å²) >= 11 is 5.92. The first-order chi connectivity index (χ1) is 12.1. The Labute approximate surface area is 148 Å². The van der Waals surface area contributed by atoms with Crippen molar-refractivity contribution in [3.8, 4) is 0 Å². The van der Waals surface area contributed by atoms with Crippen LogP contribution >= 0.6 is 11.6 Å². The first kappa shape index (κ1) is 16.7. The number of H-pyrrole nitrogens is 1. The van der Waals surface area contributed by atoms with Crippen LogP contribution in [0.25, 0.3) is 0 Å². The van der Waals surface area contributed by atoms with Crippen molar-refractivity contribution < 1.29 is 4.79 Å². The van der Waals surface area contributed by atoms with Gasteiger partial charge in [-0.25, -0.2) is 5.10 Å². The maximum atomic E-state index is 12.2. The quantitative estimate of drug-likeness (QED) is 0.653. The molecule has 8 heteroatoms. The second-order valence-electron chi connectivity index (χ2n) is 5.17. The van der Waals surface area contributed by atoms with Gasteiger partial charge >= 0.3 is 0 Å². The summed E-state index contributed by atoms with van der Waals surface area (Å²) in [7, 11) is 0. The van der Waals surface area contributed by atoms with Gasteiger partial charge in [0, 0.05) is 30.2 Å². The Balaban J connectivity index is 1.68. The first-order valence-corrected chi connectivity index (χ1v) is 7.78. The van der Waals surface area contributed by atoms with Crippen molar-refractivity contribution in [1.82, 2.24) is 15.2 Å². The van der Waals surface area contributed by atoms with Crippen LogP contribution in [0.5, 0.6) is 0 Å². The van der Waals surface area contributed by atoms with Gasteiger partial charge in [0.25, 0.3) is 11.5 Å². The lowest BCUT2D eigenvalue weighted by Crippen LogP contribution is -2.13. The third kappa shape index (κ3) is 4.21. The molecule has 0 fully saturated rings. The fraction of sp³-hybridized carbons (Fsp3) is 0.0588. The van der Waals surface area contributed by atoms with Crippen molar-refractivity contribution in [3.05, 3.63) is 81.5 Å². The van der Waals surface area contributed by atoms with Crippen LogP contribution in [0.15, 0.2) is 59.8 Å². The first-order valence-electron chi connectivity index (χ1n) is 7.41. The number of pyridine rings is 1. The summed E-state index contributed by atoms with van der Waals surface area (Å²) in [5, 5.41) is 11.9. The SMILES string of the molecule is O=C(Nc1cccc(CNc2cn[nH]c(=O)c2Cl)c1)c1ccncc1. The highest BCUT2D eigenvalue weighted by atomic mass is 35.5. The molecule has 2 aromatic heterocycles. The van der Waals surface area contributed by atoms with Gasteiger partial charge in [0.2, 0.25) is 0 Å². The number of rotatable bonds is 5. The number of hydrogen-bond donors (Lipinski definition) is 3. The van der Waals surface area contributed by atoms with Crippen molar-refractivity contribution in [1.29, 1.82) is 0 Å². The van der Waals surface area contributed by atoms with E-state index >= 15 is 0 Å². The number of carbonyl (C=O) groups is 1. The van der Waals surface area contributed by atoms with Gasteiger partial charge in [-0.15, -0.1) is 0 Å². The van der Waals surface area contributed by atoms with Crippen LogP contribution < -0.4 is 16.2 Å². The number of amides is 1. The molecule has 0 saturated carbocycles. The molecular formula is C17H14ClN5O2. The summed E-state index contributed by atoms with van der Waals surface area (Å²) in [6, 6.07) is 10.6. The fourth-order valence-electron chi connectivity index (χ4n) is 2.17. The number of benzene rings is 1. The van der Waals surface area contributed by atoms with Gasteiger partial charge in [-0.05, 0) is 29.8 Å². The molecular weight excluding hydrogens is 342 g/mol. The van der Waals surface area contributed by atoms with E-state index in [1.54, 1.807) is 30.6 Å². The fourth-order valence-corrected chi connectivity index (χ4v) is 2.33. The highest BCUT2D eigenvalue weighted by Crippen LogP contribution is 2.17. The van der Waals surface area contributed by atoms with Crippen LogP contribution in [0, 0.1) is 0 Å². The zero-order valence-electron chi connectivity index (χ0n) is 13.0. The van der Waals surface area contributed by atoms with E-state index in [4.69, 9.17) is 11.6 Å². The lowest BCUT2D eigenvalue weighted by Gasteiger charge is -2.10. The van der Waals surface area contributed by atoms with Gasteiger partial charge in [-0.3, -0.25) is 14.6 Å². The molecule has 126 valence electrons. The summed E-state index contributed by atoms with van der Waals surface area (Å²) in [6.07, 6.45) is 4.57. The van der Waals surface area contributed by atoms with E-state index in [1.165, 1.54) is 6.20 Å². The van der Waals surface area contributed by atoms with Crippen LogP contribution in [0.1, 0.15) is 15.9 Å². The Morgan fingerprint density at radius 3 is 2.80 bits per heavy atom. The van der Waals surface area contributed by atoms with Crippen LogP contribution in [0.3, 0.4) is 0 Å². The van der Waals surface area contributed by atoms with E-state index in [-0.39, 0.29) is 10.9 Å². The largest absolute Gasteiger partial charge is 0.378 e. The molecule has 0 unspecified atom stereocenters. The smallest absolute Gasteiger partial charge is 0.285 e. The zero-order chi connectivity index (χ0) is 17.6. The predicted molar refractivity (Wildman–Crippen MR) is 95.8 cm³/mol. The topological polar surface area (TPSA) is 99.8 Å². The maximum absolute atomic E-state index is 12.2. The molecule has 0 bridgehead atoms. The zero-order valence-corrected chi connectivity index (χ0v) is 13.7. The number of halogens is 1. The third-order valence-corrected chi connectivity index (χ3v) is 3.78. The Kier molecular flexibility index (Phi) is 5.06. The van der Waals surface area contributed by atoms with Crippen molar-refractivity contribution in [2.24, 2.45) is 0 Å².